The lowest BCUT2D eigenvalue weighted by atomic mass is 9.83. The standard InChI is InChI=1S/C24H27N3O5S/c1-24(2,3)20-13-17(19-14-25-23(32-5)26-22(19)28)12-16(21(20)31-4)9-6-15-7-10-18(11-8-15)27-33(29)30/h6-14,27H,1-5H3,(H,29,30)(H,25,26,28)/b9-6+. The Balaban J connectivity index is 2.09. The van der Waals surface area contributed by atoms with Gasteiger partial charge in [0.25, 0.3) is 22.8 Å². The van der Waals surface area contributed by atoms with Crippen LogP contribution in [0.1, 0.15) is 37.5 Å². The van der Waals surface area contributed by atoms with Crippen molar-refractivity contribution in [2.75, 3.05) is 18.9 Å². The number of ether oxygens (including phenoxy) is 2. The largest absolute Gasteiger partial charge is 0.496 e. The molecule has 0 fully saturated rings. The molecule has 1 aromatic heterocycles. The highest BCUT2D eigenvalue weighted by atomic mass is 32.2. The number of aromatic nitrogens is 2. The van der Waals surface area contributed by atoms with E-state index in [1.807, 2.05) is 36.4 Å². The third kappa shape index (κ3) is 5.88. The fourth-order valence-corrected chi connectivity index (χ4v) is 3.69. The van der Waals surface area contributed by atoms with Gasteiger partial charge in [0.1, 0.15) is 5.75 Å². The molecule has 0 saturated heterocycles. The smallest absolute Gasteiger partial charge is 0.296 e. The monoisotopic (exact) mass is 469 g/mol. The van der Waals surface area contributed by atoms with E-state index in [0.717, 1.165) is 22.4 Å². The Bertz CT molecular complexity index is 1240. The van der Waals surface area contributed by atoms with Crippen LogP contribution in [0.15, 0.2) is 47.4 Å². The molecule has 0 aliphatic heterocycles. The number of H-pyrrole nitrogens is 1. The van der Waals surface area contributed by atoms with Gasteiger partial charge >= 0.3 is 0 Å². The van der Waals surface area contributed by atoms with Gasteiger partial charge in [0.2, 0.25) is 0 Å². The van der Waals surface area contributed by atoms with Gasteiger partial charge in [-0.05, 0) is 40.8 Å². The van der Waals surface area contributed by atoms with E-state index in [-0.39, 0.29) is 17.0 Å². The maximum absolute atomic E-state index is 12.6. The average molecular weight is 470 g/mol. The maximum atomic E-state index is 12.6. The fourth-order valence-electron chi connectivity index (χ4n) is 3.35. The van der Waals surface area contributed by atoms with E-state index in [1.54, 1.807) is 19.2 Å². The number of nitrogens with one attached hydrogen (secondary N) is 2. The summed E-state index contributed by atoms with van der Waals surface area (Å²) in [7, 11) is 3.07. The van der Waals surface area contributed by atoms with Crippen molar-refractivity contribution in [1.29, 1.82) is 0 Å². The first-order chi connectivity index (χ1) is 15.6. The molecule has 9 heteroatoms. The van der Waals surface area contributed by atoms with E-state index >= 15 is 0 Å². The quantitative estimate of drug-likeness (QED) is 0.348. The molecule has 8 nitrogen and oxygen atoms in total. The molecule has 0 aliphatic rings. The molecular formula is C24H27N3O5S. The Morgan fingerprint density at radius 1 is 1.09 bits per heavy atom. The average Bonchev–Trinajstić information content (AvgIpc) is 2.76. The van der Waals surface area contributed by atoms with Gasteiger partial charge in [0, 0.05) is 23.0 Å². The maximum Gasteiger partial charge on any atom is 0.296 e. The van der Waals surface area contributed by atoms with E-state index in [1.165, 1.54) is 13.3 Å². The molecule has 0 radical (unpaired) electrons. The lowest BCUT2D eigenvalue weighted by molar-refractivity contribution is 0.378. The second kappa shape index (κ2) is 10.0. The van der Waals surface area contributed by atoms with Crippen LogP contribution in [0.25, 0.3) is 23.3 Å². The molecule has 174 valence electrons. The van der Waals surface area contributed by atoms with Crippen molar-refractivity contribution in [1.82, 2.24) is 9.97 Å². The molecule has 0 aliphatic carbocycles. The number of methoxy groups -OCH3 is 2. The first-order valence-corrected chi connectivity index (χ1v) is 11.2. The summed E-state index contributed by atoms with van der Waals surface area (Å²) in [6.07, 6.45) is 5.32. The molecular weight excluding hydrogens is 442 g/mol. The predicted octanol–water partition coefficient (Wildman–Crippen LogP) is 4.47. The van der Waals surface area contributed by atoms with Crippen molar-refractivity contribution < 1.29 is 18.2 Å². The zero-order valence-electron chi connectivity index (χ0n) is 19.1. The summed E-state index contributed by atoms with van der Waals surface area (Å²) in [4.78, 5) is 19.4. The van der Waals surface area contributed by atoms with Crippen LogP contribution >= 0.6 is 0 Å². The van der Waals surface area contributed by atoms with Crippen LogP contribution in [0.4, 0.5) is 5.69 Å². The zero-order valence-corrected chi connectivity index (χ0v) is 19.9. The summed E-state index contributed by atoms with van der Waals surface area (Å²) in [5.74, 6) is 0.717. The molecule has 1 unspecified atom stereocenters. The molecule has 1 atom stereocenters. The molecule has 3 N–H and O–H groups in total. The summed E-state index contributed by atoms with van der Waals surface area (Å²) in [6, 6.07) is 11.1. The number of hydrogen-bond donors (Lipinski definition) is 3. The topological polar surface area (TPSA) is 114 Å². The minimum atomic E-state index is -2.12. The van der Waals surface area contributed by atoms with Crippen LogP contribution in [0.5, 0.6) is 11.8 Å². The zero-order chi connectivity index (χ0) is 24.2. The summed E-state index contributed by atoms with van der Waals surface area (Å²) >= 11 is -2.12. The first-order valence-electron chi connectivity index (χ1n) is 10.1. The first kappa shape index (κ1) is 24.2. The third-order valence-corrected chi connectivity index (χ3v) is 5.39. The van der Waals surface area contributed by atoms with Crippen LogP contribution < -0.4 is 19.8 Å². The van der Waals surface area contributed by atoms with Crippen LogP contribution in [0.3, 0.4) is 0 Å². The molecule has 0 bridgehead atoms. The van der Waals surface area contributed by atoms with Crippen molar-refractivity contribution >= 4 is 29.1 Å². The second-order valence-electron chi connectivity index (χ2n) is 8.34. The minimum Gasteiger partial charge on any atom is -0.496 e. The highest BCUT2D eigenvalue weighted by Crippen LogP contribution is 2.38. The Hall–Kier alpha value is -3.43. The van der Waals surface area contributed by atoms with Crippen LogP contribution in [0, 0.1) is 0 Å². The SMILES string of the molecule is COc1ncc(-c2cc(/C=C/c3ccc(NS(=O)O)cc3)c(OC)c(C(C)(C)C)c2)c(=O)[nH]1. The Kier molecular flexibility index (Phi) is 7.35. The fraction of sp³-hybridized carbons (Fsp3) is 0.250. The van der Waals surface area contributed by atoms with Gasteiger partial charge in [0.05, 0.1) is 19.8 Å². The molecule has 0 spiro atoms. The molecule has 33 heavy (non-hydrogen) atoms. The molecule has 0 amide bonds. The Morgan fingerprint density at radius 2 is 1.79 bits per heavy atom. The van der Waals surface area contributed by atoms with Crippen molar-refractivity contribution in [3.63, 3.8) is 0 Å². The van der Waals surface area contributed by atoms with Crippen LogP contribution in [0.2, 0.25) is 0 Å². The number of anilines is 1. The number of benzene rings is 2. The van der Waals surface area contributed by atoms with E-state index in [9.17, 15) is 9.00 Å². The van der Waals surface area contributed by atoms with E-state index in [2.05, 4.69) is 35.5 Å². The lowest BCUT2D eigenvalue weighted by Gasteiger charge is -2.24. The molecule has 3 rings (SSSR count). The molecule has 0 saturated carbocycles. The van der Waals surface area contributed by atoms with Crippen molar-refractivity contribution in [2.24, 2.45) is 0 Å². The van der Waals surface area contributed by atoms with Gasteiger partial charge in [0.15, 0.2) is 0 Å². The van der Waals surface area contributed by atoms with Gasteiger partial charge < -0.3 is 9.47 Å². The minimum absolute atomic E-state index is 0.149. The third-order valence-electron chi connectivity index (χ3n) is 4.98. The highest BCUT2D eigenvalue weighted by molar-refractivity contribution is 7.80. The molecule has 1 heterocycles. The van der Waals surface area contributed by atoms with E-state index in [0.29, 0.717) is 16.8 Å². The number of rotatable bonds is 7. The molecule has 3 aromatic rings. The van der Waals surface area contributed by atoms with Crippen molar-refractivity contribution in [2.45, 2.75) is 26.2 Å². The van der Waals surface area contributed by atoms with Crippen LogP contribution in [-0.4, -0.2) is 32.9 Å². The number of hydrogen-bond acceptors (Lipinski definition) is 5. The Morgan fingerprint density at radius 3 is 2.33 bits per heavy atom. The van der Waals surface area contributed by atoms with Gasteiger partial charge in [-0.25, -0.2) is 9.19 Å². The van der Waals surface area contributed by atoms with Gasteiger partial charge in [-0.2, -0.15) is 0 Å². The summed E-state index contributed by atoms with van der Waals surface area (Å²) in [5.41, 5.74) is 3.76. The predicted molar refractivity (Wildman–Crippen MR) is 132 cm³/mol. The van der Waals surface area contributed by atoms with Gasteiger partial charge in [-0.15, -0.1) is 0 Å². The van der Waals surface area contributed by atoms with Crippen LogP contribution in [-0.2, 0) is 16.7 Å². The number of aromatic amines is 1. The summed E-state index contributed by atoms with van der Waals surface area (Å²) in [6.45, 7) is 6.24. The normalized spacial score (nSPS) is 12.5. The van der Waals surface area contributed by atoms with Crippen molar-refractivity contribution in [3.8, 4) is 22.9 Å². The second-order valence-corrected chi connectivity index (χ2v) is 9.04. The lowest BCUT2D eigenvalue weighted by Crippen LogP contribution is -2.15. The summed E-state index contributed by atoms with van der Waals surface area (Å²) in [5, 5.41) is 0. The Labute approximate surface area is 195 Å². The van der Waals surface area contributed by atoms with Crippen molar-refractivity contribution in [3.05, 3.63) is 69.6 Å². The van der Waals surface area contributed by atoms with E-state index in [4.69, 9.17) is 14.0 Å². The van der Waals surface area contributed by atoms with Gasteiger partial charge in [-0.1, -0.05) is 45.1 Å². The highest BCUT2D eigenvalue weighted by Gasteiger charge is 2.23. The molecule has 2 aromatic carbocycles. The van der Waals surface area contributed by atoms with E-state index < -0.39 is 11.3 Å². The number of nitrogens with zero attached hydrogens (tertiary/aromatic N) is 1. The summed E-state index contributed by atoms with van der Waals surface area (Å²) < 4.78 is 33.0. The van der Waals surface area contributed by atoms with Gasteiger partial charge in [-0.3, -0.25) is 19.1 Å².